The largest absolute Gasteiger partial charge is 0.303 e. The fourth-order valence-corrected chi connectivity index (χ4v) is 4.85. The van der Waals surface area contributed by atoms with Crippen molar-refractivity contribution in [2.24, 2.45) is 16.5 Å². The van der Waals surface area contributed by atoms with Crippen molar-refractivity contribution in [2.45, 2.75) is 50.7 Å². The summed E-state index contributed by atoms with van der Waals surface area (Å²) in [6, 6.07) is 10.8. The van der Waals surface area contributed by atoms with E-state index in [-0.39, 0.29) is 5.25 Å². The van der Waals surface area contributed by atoms with Crippen LogP contribution in [0, 0.1) is 11.3 Å². The van der Waals surface area contributed by atoms with Gasteiger partial charge in [0.15, 0.2) is 0 Å². The number of benzene rings is 1. The zero-order valence-electron chi connectivity index (χ0n) is 14.2. The van der Waals surface area contributed by atoms with Crippen LogP contribution in [0.1, 0.15) is 44.6 Å². The van der Waals surface area contributed by atoms with E-state index in [0.29, 0.717) is 5.41 Å². The molecule has 0 radical (unpaired) electrons. The van der Waals surface area contributed by atoms with Crippen molar-refractivity contribution in [3.05, 3.63) is 35.9 Å². The summed E-state index contributed by atoms with van der Waals surface area (Å²) in [6.45, 7) is 5.66. The van der Waals surface area contributed by atoms with Gasteiger partial charge in [-0.15, -0.1) is 0 Å². The van der Waals surface area contributed by atoms with Crippen molar-refractivity contribution in [3.63, 3.8) is 0 Å². The van der Waals surface area contributed by atoms with Gasteiger partial charge in [-0.3, -0.25) is 5.14 Å². The lowest BCUT2D eigenvalue weighted by molar-refractivity contribution is -0.0374. The van der Waals surface area contributed by atoms with Crippen LogP contribution in [-0.2, 0) is 17.4 Å². The van der Waals surface area contributed by atoms with E-state index >= 15 is 0 Å². The minimum Gasteiger partial charge on any atom is -0.303 e. The molecule has 0 amide bonds. The quantitative estimate of drug-likeness (QED) is 0.869. The van der Waals surface area contributed by atoms with Crippen molar-refractivity contribution in [1.82, 2.24) is 4.90 Å². The Morgan fingerprint density at radius 3 is 2.52 bits per heavy atom. The summed E-state index contributed by atoms with van der Waals surface area (Å²) in [7, 11) is -1.16. The molecular weight excluding hydrogens is 304 g/mol. The van der Waals surface area contributed by atoms with E-state index in [4.69, 9.17) is 5.14 Å². The van der Waals surface area contributed by atoms with Crippen LogP contribution in [0.2, 0.25) is 0 Å². The lowest BCUT2D eigenvalue weighted by Gasteiger charge is -2.55. The van der Waals surface area contributed by atoms with Crippen molar-refractivity contribution in [2.75, 3.05) is 19.6 Å². The van der Waals surface area contributed by atoms with Crippen LogP contribution in [0.25, 0.3) is 0 Å². The minimum atomic E-state index is -1.16. The smallest absolute Gasteiger partial charge is 0.0916 e. The van der Waals surface area contributed by atoms with Gasteiger partial charge < -0.3 is 4.90 Å². The lowest BCUT2D eigenvalue weighted by atomic mass is 9.54. The highest BCUT2D eigenvalue weighted by atomic mass is 32.2. The zero-order valence-corrected chi connectivity index (χ0v) is 15.1. The number of nitrogens with zero attached hydrogens (tertiary/aromatic N) is 1. The molecule has 1 aromatic rings. The number of hydrogen-bond acceptors (Lipinski definition) is 2. The number of nitrogens with two attached hydrogens (primary N) is 1. The normalized spacial score (nSPS) is 26.6. The monoisotopic (exact) mass is 334 g/mol. The number of hydrogen-bond donors (Lipinski definition) is 1. The van der Waals surface area contributed by atoms with E-state index in [1.54, 1.807) is 0 Å². The highest BCUT2D eigenvalue weighted by molar-refractivity contribution is 7.83. The molecule has 0 bridgehead atoms. The van der Waals surface area contributed by atoms with Crippen LogP contribution in [0.3, 0.4) is 0 Å². The van der Waals surface area contributed by atoms with Crippen LogP contribution in [-0.4, -0.2) is 34.0 Å². The van der Waals surface area contributed by atoms with Gasteiger partial charge >= 0.3 is 0 Å². The highest BCUT2D eigenvalue weighted by Gasteiger charge is 2.48. The summed E-state index contributed by atoms with van der Waals surface area (Å²) < 4.78 is 11.4. The van der Waals surface area contributed by atoms with Crippen molar-refractivity contribution in [3.8, 4) is 0 Å². The third-order valence-corrected chi connectivity index (χ3v) is 7.27. The molecule has 23 heavy (non-hydrogen) atoms. The average molecular weight is 335 g/mol. The first-order valence-electron chi connectivity index (χ1n) is 9.00. The number of piperidine rings is 1. The van der Waals surface area contributed by atoms with Crippen molar-refractivity contribution < 1.29 is 4.21 Å². The third kappa shape index (κ3) is 4.04. The summed E-state index contributed by atoms with van der Waals surface area (Å²) in [6.07, 6.45) is 7.51. The van der Waals surface area contributed by atoms with Gasteiger partial charge in [0.2, 0.25) is 0 Å². The predicted octanol–water partition coefficient (Wildman–Crippen LogP) is 3.12. The summed E-state index contributed by atoms with van der Waals surface area (Å²) in [5.74, 6) is 0.751. The highest BCUT2D eigenvalue weighted by Crippen LogP contribution is 2.55. The maximum absolute atomic E-state index is 11.4. The van der Waals surface area contributed by atoms with Gasteiger partial charge in [-0.2, -0.15) is 0 Å². The molecule has 1 saturated heterocycles. The third-order valence-electron chi connectivity index (χ3n) is 6.28. The van der Waals surface area contributed by atoms with Crippen LogP contribution in [0.4, 0.5) is 0 Å². The van der Waals surface area contributed by atoms with Gasteiger partial charge in [0, 0.05) is 11.8 Å². The Hall–Kier alpha value is -0.710. The standard InChI is InChI=1S/C19H30N2OS/c1-16(23(20)22)15-18-7-9-19(18)10-13-21(14-11-19)12-8-17-5-3-2-4-6-17/h2-6,16,18H,7-15,20H2,1H3/t16?,18-,23?/m1/s1. The summed E-state index contributed by atoms with van der Waals surface area (Å²) >= 11 is 0. The van der Waals surface area contributed by atoms with Gasteiger partial charge in [-0.1, -0.05) is 30.3 Å². The second-order valence-electron chi connectivity index (χ2n) is 7.55. The molecule has 1 aliphatic carbocycles. The van der Waals surface area contributed by atoms with E-state index < -0.39 is 11.0 Å². The Morgan fingerprint density at radius 2 is 1.96 bits per heavy atom. The molecular formula is C19H30N2OS. The first-order chi connectivity index (χ1) is 11.1. The SMILES string of the molecule is CC(C[C@H]1CCC12CCN(CCc1ccccc1)CC2)S(N)=O. The Bertz CT molecular complexity index is 525. The molecule has 2 aliphatic rings. The Balaban J connectivity index is 1.45. The first-order valence-corrected chi connectivity index (χ1v) is 10.3. The van der Waals surface area contributed by atoms with Crippen LogP contribution >= 0.6 is 0 Å². The molecule has 2 fully saturated rings. The summed E-state index contributed by atoms with van der Waals surface area (Å²) in [5.41, 5.74) is 1.98. The molecule has 3 nitrogen and oxygen atoms in total. The second kappa shape index (κ2) is 7.45. The maximum atomic E-state index is 11.4. The van der Waals surface area contributed by atoms with E-state index in [0.717, 1.165) is 18.8 Å². The minimum absolute atomic E-state index is 0.147. The fraction of sp³-hybridized carbons (Fsp3) is 0.684. The molecule has 2 N–H and O–H groups in total. The molecule has 1 heterocycles. The van der Waals surface area contributed by atoms with Gasteiger partial charge in [-0.05, 0) is 75.4 Å². The number of likely N-dealkylation sites (tertiary alicyclic amines) is 1. The first kappa shape index (κ1) is 17.1. The van der Waals surface area contributed by atoms with Crippen molar-refractivity contribution >= 4 is 11.0 Å². The van der Waals surface area contributed by atoms with Crippen LogP contribution in [0.15, 0.2) is 30.3 Å². The molecule has 1 aromatic carbocycles. The molecule has 1 saturated carbocycles. The Kier molecular flexibility index (Phi) is 5.55. The van der Waals surface area contributed by atoms with E-state index in [1.165, 1.54) is 50.9 Å². The molecule has 1 spiro atoms. The lowest BCUT2D eigenvalue weighted by Crippen LogP contribution is -2.50. The maximum Gasteiger partial charge on any atom is 0.0916 e. The topological polar surface area (TPSA) is 46.3 Å². The van der Waals surface area contributed by atoms with Gasteiger partial charge in [0.1, 0.15) is 0 Å². The van der Waals surface area contributed by atoms with Gasteiger partial charge in [0.05, 0.1) is 11.0 Å². The fourth-order valence-electron chi connectivity index (χ4n) is 4.43. The Labute approximate surface area is 143 Å². The van der Waals surface area contributed by atoms with E-state index in [9.17, 15) is 4.21 Å². The molecule has 128 valence electrons. The number of rotatable bonds is 6. The van der Waals surface area contributed by atoms with E-state index in [1.807, 2.05) is 6.92 Å². The van der Waals surface area contributed by atoms with Crippen LogP contribution < -0.4 is 5.14 Å². The Morgan fingerprint density at radius 1 is 1.26 bits per heavy atom. The summed E-state index contributed by atoms with van der Waals surface area (Å²) in [5, 5.41) is 5.71. The second-order valence-corrected chi connectivity index (χ2v) is 9.01. The molecule has 0 aromatic heterocycles. The predicted molar refractivity (Wildman–Crippen MR) is 97.4 cm³/mol. The average Bonchev–Trinajstić information content (AvgIpc) is 2.58. The van der Waals surface area contributed by atoms with Gasteiger partial charge in [-0.25, -0.2) is 4.21 Å². The van der Waals surface area contributed by atoms with Crippen molar-refractivity contribution in [1.29, 1.82) is 0 Å². The van der Waals surface area contributed by atoms with Crippen LogP contribution in [0.5, 0.6) is 0 Å². The molecule has 2 unspecified atom stereocenters. The summed E-state index contributed by atoms with van der Waals surface area (Å²) in [4.78, 5) is 2.62. The zero-order chi connectivity index (χ0) is 16.3. The molecule has 3 atom stereocenters. The molecule has 1 aliphatic heterocycles. The van der Waals surface area contributed by atoms with E-state index in [2.05, 4.69) is 35.2 Å². The van der Waals surface area contributed by atoms with Gasteiger partial charge in [0.25, 0.3) is 0 Å². The molecule has 4 heteroatoms. The molecule has 3 rings (SSSR count).